The Bertz CT molecular complexity index is 870. The molecule has 0 bridgehead atoms. The van der Waals surface area contributed by atoms with Crippen molar-refractivity contribution in [1.82, 2.24) is 15.1 Å². The molecule has 1 atom stereocenters. The lowest BCUT2D eigenvalue weighted by molar-refractivity contribution is -0.143. The quantitative estimate of drug-likeness (QED) is 0.413. The number of piperazine rings is 1. The van der Waals surface area contributed by atoms with Crippen LogP contribution in [-0.4, -0.2) is 49.1 Å². The zero-order valence-corrected chi connectivity index (χ0v) is 18.1. The van der Waals surface area contributed by atoms with Gasteiger partial charge in [-0.3, -0.25) is 9.80 Å². The fourth-order valence-electron chi connectivity index (χ4n) is 4.05. The van der Waals surface area contributed by atoms with Gasteiger partial charge in [0.25, 0.3) is 0 Å². The number of alkyl halides is 6. The third-order valence-electron chi connectivity index (χ3n) is 5.73. The number of hydrogen-bond acceptors (Lipinski definition) is 3. The molecular formula is C24H27F6N3. The molecule has 1 unspecified atom stereocenters. The molecule has 3 rings (SSSR count). The number of benzene rings is 2. The van der Waals surface area contributed by atoms with Crippen molar-refractivity contribution in [2.45, 2.75) is 24.9 Å². The molecule has 1 aliphatic rings. The molecule has 180 valence electrons. The van der Waals surface area contributed by atoms with Crippen LogP contribution in [0.4, 0.5) is 26.3 Å². The van der Waals surface area contributed by atoms with Crippen LogP contribution in [0, 0.1) is 0 Å². The lowest BCUT2D eigenvalue weighted by Gasteiger charge is -2.39. The molecule has 9 heteroatoms. The molecule has 2 aromatic carbocycles. The lowest BCUT2D eigenvalue weighted by atomic mass is 10.0. The van der Waals surface area contributed by atoms with Crippen molar-refractivity contribution in [3.8, 4) is 0 Å². The summed E-state index contributed by atoms with van der Waals surface area (Å²) in [5.74, 6) is 0. The van der Waals surface area contributed by atoms with Crippen molar-refractivity contribution in [2.24, 2.45) is 0 Å². The average Bonchev–Trinajstić information content (AvgIpc) is 2.77. The van der Waals surface area contributed by atoms with Gasteiger partial charge in [0.1, 0.15) is 0 Å². The summed E-state index contributed by atoms with van der Waals surface area (Å²) in [5, 5.41) is 3.09. The Hall–Kier alpha value is -2.36. The number of nitrogens with one attached hydrogen (secondary N) is 1. The van der Waals surface area contributed by atoms with Gasteiger partial charge in [-0.1, -0.05) is 36.4 Å². The molecule has 3 nitrogen and oxygen atoms in total. The molecule has 33 heavy (non-hydrogen) atoms. The monoisotopic (exact) mass is 471 g/mol. The summed E-state index contributed by atoms with van der Waals surface area (Å²) in [6.07, 6.45) is -7.85. The van der Waals surface area contributed by atoms with Crippen LogP contribution in [0.25, 0.3) is 0 Å². The highest BCUT2D eigenvalue weighted by Crippen LogP contribution is 2.36. The van der Waals surface area contributed by atoms with Gasteiger partial charge in [0.15, 0.2) is 0 Å². The summed E-state index contributed by atoms with van der Waals surface area (Å²) in [6, 6.07) is 11.3. The Kier molecular flexibility index (Phi) is 8.20. The number of nitrogens with zero attached hydrogens (tertiary/aromatic N) is 2. The Labute approximate surface area is 189 Å². The Morgan fingerprint density at radius 3 is 1.97 bits per heavy atom. The van der Waals surface area contributed by atoms with Crippen LogP contribution in [0.15, 0.2) is 61.2 Å². The average molecular weight is 471 g/mol. The Morgan fingerprint density at radius 1 is 0.879 bits per heavy atom. The molecule has 0 aromatic heterocycles. The van der Waals surface area contributed by atoms with Gasteiger partial charge in [0.05, 0.1) is 11.1 Å². The molecule has 1 heterocycles. The summed E-state index contributed by atoms with van der Waals surface area (Å²) >= 11 is 0. The van der Waals surface area contributed by atoms with Crippen LogP contribution in [0.3, 0.4) is 0 Å². The maximum atomic E-state index is 13.1. The summed E-state index contributed by atoms with van der Waals surface area (Å²) in [6.45, 7) is 8.18. The van der Waals surface area contributed by atoms with E-state index < -0.39 is 23.5 Å². The first-order valence-corrected chi connectivity index (χ1v) is 10.7. The highest BCUT2D eigenvalue weighted by atomic mass is 19.4. The van der Waals surface area contributed by atoms with Crippen molar-refractivity contribution in [3.63, 3.8) is 0 Å². The second-order valence-corrected chi connectivity index (χ2v) is 8.10. The van der Waals surface area contributed by atoms with Gasteiger partial charge in [-0.05, 0) is 29.3 Å². The van der Waals surface area contributed by atoms with E-state index in [0.29, 0.717) is 6.54 Å². The Morgan fingerprint density at radius 2 is 1.45 bits per heavy atom. The summed E-state index contributed by atoms with van der Waals surface area (Å²) in [4.78, 5) is 4.56. The second-order valence-electron chi connectivity index (χ2n) is 8.10. The molecule has 0 saturated carbocycles. The smallest absolute Gasteiger partial charge is 0.311 e. The predicted octanol–water partition coefficient (Wildman–Crippen LogP) is 5.36. The van der Waals surface area contributed by atoms with Gasteiger partial charge in [-0.2, -0.15) is 26.3 Å². The van der Waals surface area contributed by atoms with Crippen LogP contribution in [0.5, 0.6) is 0 Å². The minimum atomic E-state index is -4.85. The van der Waals surface area contributed by atoms with Gasteiger partial charge < -0.3 is 5.32 Å². The number of hydrogen-bond donors (Lipinski definition) is 1. The van der Waals surface area contributed by atoms with Crippen molar-refractivity contribution in [2.75, 3.05) is 39.3 Å². The predicted molar refractivity (Wildman–Crippen MR) is 116 cm³/mol. The molecule has 1 N–H and O–H groups in total. The van der Waals surface area contributed by atoms with Gasteiger partial charge in [-0.15, -0.1) is 6.58 Å². The van der Waals surface area contributed by atoms with Gasteiger partial charge >= 0.3 is 12.4 Å². The second kappa shape index (κ2) is 10.7. The van der Waals surface area contributed by atoms with E-state index >= 15 is 0 Å². The van der Waals surface area contributed by atoms with E-state index in [1.165, 1.54) is 0 Å². The first kappa shape index (κ1) is 25.3. The molecular weight excluding hydrogens is 444 g/mol. The largest absolute Gasteiger partial charge is 0.416 e. The van der Waals surface area contributed by atoms with Gasteiger partial charge in [0.2, 0.25) is 0 Å². The highest BCUT2D eigenvalue weighted by Gasteiger charge is 2.36. The van der Waals surface area contributed by atoms with Crippen molar-refractivity contribution >= 4 is 0 Å². The molecule has 0 aliphatic carbocycles. The molecule has 2 aromatic rings. The molecule has 1 saturated heterocycles. The zero-order valence-electron chi connectivity index (χ0n) is 18.1. The van der Waals surface area contributed by atoms with E-state index in [1.54, 1.807) is 0 Å². The number of halogens is 6. The molecule has 0 spiro atoms. The maximum Gasteiger partial charge on any atom is 0.416 e. The first-order valence-electron chi connectivity index (χ1n) is 10.7. The van der Waals surface area contributed by atoms with Crippen LogP contribution < -0.4 is 5.32 Å². The summed E-state index contributed by atoms with van der Waals surface area (Å²) in [7, 11) is 0. The van der Waals surface area contributed by atoms with E-state index in [-0.39, 0.29) is 24.2 Å². The third kappa shape index (κ3) is 7.06. The van der Waals surface area contributed by atoms with Gasteiger partial charge in [-0.25, -0.2) is 0 Å². The van der Waals surface area contributed by atoms with E-state index in [1.807, 2.05) is 36.4 Å². The van der Waals surface area contributed by atoms with E-state index in [2.05, 4.69) is 21.7 Å². The minimum absolute atomic E-state index is 0.0510. The van der Waals surface area contributed by atoms with Crippen molar-refractivity contribution in [3.05, 3.63) is 83.4 Å². The SMILES string of the molecule is C=CCN1CCN(C(CNCc2cc(C(F)(F)F)cc(C(F)(F)F)c2)c2ccccc2)CC1. The van der Waals surface area contributed by atoms with Gasteiger partial charge in [0, 0.05) is 51.9 Å². The first-order chi connectivity index (χ1) is 15.6. The number of rotatable bonds is 8. The van der Waals surface area contributed by atoms with Crippen molar-refractivity contribution < 1.29 is 26.3 Å². The highest BCUT2D eigenvalue weighted by molar-refractivity contribution is 5.33. The summed E-state index contributed by atoms with van der Waals surface area (Å²) < 4.78 is 78.8. The fraction of sp³-hybridized carbons (Fsp3) is 0.417. The zero-order chi connectivity index (χ0) is 24.1. The van der Waals surface area contributed by atoms with E-state index in [9.17, 15) is 26.3 Å². The normalized spacial score (nSPS) is 17.2. The fourth-order valence-corrected chi connectivity index (χ4v) is 4.05. The van der Waals surface area contributed by atoms with E-state index in [0.717, 1.165) is 50.4 Å². The Balaban J connectivity index is 1.73. The molecule has 1 fully saturated rings. The third-order valence-corrected chi connectivity index (χ3v) is 5.73. The van der Waals surface area contributed by atoms with Crippen LogP contribution in [-0.2, 0) is 18.9 Å². The van der Waals surface area contributed by atoms with Crippen LogP contribution in [0.2, 0.25) is 0 Å². The van der Waals surface area contributed by atoms with E-state index in [4.69, 9.17) is 0 Å². The molecule has 0 amide bonds. The van der Waals surface area contributed by atoms with Crippen LogP contribution >= 0.6 is 0 Å². The maximum absolute atomic E-state index is 13.1. The van der Waals surface area contributed by atoms with Crippen molar-refractivity contribution in [1.29, 1.82) is 0 Å². The summed E-state index contributed by atoms with van der Waals surface area (Å²) in [5.41, 5.74) is -1.61. The topological polar surface area (TPSA) is 18.5 Å². The standard InChI is InChI=1S/C24H27F6N3/c1-2-8-32-9-11-33(12-10-32)22(19-6-4-3-5-7-19)17-31-16-18-13-20(23(25,26)27)15-21(14-18)24(28,29)30/h2-7,13-15,22,31H,1,8-12,16-17H2. The minimum Gasteiger partial charge on any atom is -0.311 e. The molecule has 1 aliphatic heterocycles. The van der Waals surface area contributed by atoms with Crippen LogP contribution in [0.1, 0.15) is 28.3 Å². The lowest BCUT2D eigenvalue weighted by Crippen LogP contribution is -2.49. The molecule has 0 radical (unpaired) electrons.